The molecule has 1 aromatic carbocycles. The average molecular weight is 783 g/mol. The first-order valence-electron chi connectivity index (χ1n) is 19.0. The molecule has 0 amide bonds. The first-order valence-corrected chi connectivity index (χ1v) is 30.6. The Labute approximate surface area is 318 Å². The van der Waals surface area contributed by atoms with Gasteiger partial charge in [-0.2, -0.15) is 0 Å². The monoisotopic (exact) mass is 782 g/mol. The fourth-order valence-corrected chi connectivity index (χ4v) is 9.57. The number of rotatable bonds is 14. The van der Waals surface area contributed by atoms with Crippen LogP contribution in [-0.2, 0) is 27.2 Å². The van der Waals surface area contributed by atoms with Crippen molar-refractivity contribution in [3.8, 4) is 5.75 Å². The van der Waals surface area contributed by atoms with E-state index in [1.54, 1.807) is 7.11 Å². The van der Waals surface area contributed by atoms with E-state index in [0.29, 0.717) is 13.2 Å². The quantitative estimate of drug-likeness (QED) is 0.174. The lowest BCUT2D eigenvalue weighted by Gasteiger charge is -2.54. The molecular formula is C40H78O7Si4. The molecule has 2 rings (SSSR count). The van der Waals surface area contributed by atoms with Crippen molar-refractivity contribution in [3.63, 3.8) is 0 Å². The highest BCUT2D eigenvalue weighted by Crippen LogP contribution is 2.46. The molecule has 296 valence electrons. The summed E-state index contributed by atoms with van der Waals surface area (Å²) in [5.41, 5.74) is 1.07. The molecule has 1 aromatic rings. The fraction of sp³-hybridized carbons (Fsp3) is 0.800. The van der Waals surface area contributed by atoms with Crippen LogP contribution in [0.5, 0.6) is 5.75 Å². The maximum atomic E-state index is 7.54. The topological polar surface area (TPSA) is 64.6 Å². The van der Waals surface area contributed by atoms with Crippen molar-refractivity contribution in [2.75, 3.05) is 20.3 Å². The van der Waals surface area contributed by atoms with Crippen LogP contribution < -0.4 is 4.74 Å². The van der Waals surface area contributed by atoms with Crippen LogP contribution in [0.15, 0.2) is 30.3 Å². The first kappa shape index (κ1) is 46.5. The van der Waals surface area contributed by atoms with Crippen LogP contribution in [0.25, 0.3) is 6.08 Å². The van der Waals surface area contributed by atoms with E-state index in [4.69, 9.17) is 31.9 Å². The lowest BCUT2D eigenvalue weighted by Crippen LogP contribution is -2.68. The van der Waals surface area contributed by atoms with Gasteiger partial charge in [-0.05, 0) is 90.2 Å². The van der Waals surface area contributed by atoms with Gasteiger partial charge < -0.3 is 31.9 Å². The minimum absolute atomic E-state index is 0.0191. The lowest BCUT2D eigenvalue weighted by atomic mass is 9.99. The van der Waals surface area contributed by atoms with Crippen LogP contribution in [0.4, 0.5) is 0 Å². The summed E-state index contributed by atoms with van der Waals surface area (Å²) in [7, 11) is -7.48. The Balaban J connectivity index is 2.76. The number of benzene rings is 1. The number of ether oxygens (including phenoxy) is 3. The van der Waals surface area contributed by atoms with Crippen molar-refractivity contribution < 1.29 is 31.9 Å². The van der Waals surface area contributed by atoms with Gasteiger partial charge in [-0.1, -0.05) is 107 Å². The SMILES string of the molecule is COc1ccc(/C=C/CO[C@@H]2O[C@H](CO[Si](C)(C)C(C)(C)C)[C@@H](O[Si](C)(C)C(C)(C)C)[C@H](O[Si](C)(C)C(C)(C)C)[C@H]2O[Si](C)(C)C(C)(C)C)cc1. The van der Waals surface area contributed by atoms with E-state index in [0.717, 1.165) is 11.3 Å². The molecule has 51 heavy (non-hydrogen) atoms. The van der Waals surface area contributed by atoms with Crippen LogP contribution in [0, 0.1) is 0 Å². The van der Waals surface area contributed by atoms with Crippen LogP contribution in [0.1, 0.15) is 88.6 Å². The molecule has 0 bridgehead atoms. The van der Waals surface area contributed by atoms with Crippen LogP contribution in [0.3, 0.4) is 0 Å². The Kier molecular flexibility index (Phi) is 15.2. The van der Waals surface area contributed by atoms with Crippen molar-refractivity contribution in [2.24, 2.45) is 0 Å². The van der Waals surface area contributed by atoms with Crippen LogP contribution >= 0.6 is 0 Å². The molecule has 0 aromatic heterocycles. The van der Waals surface area contributed by atoms with E-state index in [-0.39, 0.29) is 20.2 Å². The molecule has 1 aliphatic rings. The Morgan fingerprint density at radius 1 is 0.588 bits per heavy atom. The fourth-order valence-electron chi connectivity index (χ4n) is 4.66. The summed E-state index contributed by atoms with van der Waals surface area (Å²) in [6, 6.07) is 8.00. The molecule has 0 radical (unpaired) electrons. The van der Waals surface area contributed by atoms with Crippen molar-refractivity contribution in [2.45, 2.75) is 186 Å². The maximum Gasteiger partial charge on any atom is 0.192 e. The minimum atomic E-state index is -2.35. The Morgan fingerprint density at radius 3 is 1.41 bits per heavy atom. The second-order valence-electron chi connectivity index (χ2n) is 20.7. The summed E-state index contributed by atoms with van der Waals surface area (Å²) in [6.45, 7) is 46.6. The van der Waals surface area contributed by atoms with Gasteiger partial charge in [0.2, 0.25) is 0 Å². The number of methoxy groups -OCH3 is 1. The van der Waals surface area contributed by atoms with Gasteiger partial charge in [0.1, 0.15) is 30.2 Å². The molecule has 1 fully saturated rings. The second kappa shape index (κ2) is 16.6. The van der Waals surface area contributed by atoms with Gasteiger partial charge in [0.05, 0.1) is 20.3 Å². The molecule has 0 unspecified atom stereocenters. The van der Waals surface area contributed by atoms with Crippen molar-refractivity contribution in [1.82, 2.24) is 0 Å². The molecule has 0 saturated carbocycles. The standard InChI is InChI=1S/C40H78O7Si4/c1-37(2,3)48(14,15)43-29-32-33(45-49(16,17)38(4,5)6)34(46-50(18,19)39(7,8)9)35(47-51(20,21)40(10,11)12)36(44-32)42-28-22-23-30-24-26-31(41-13)27-25-30/h22-27,32-36H,28-29H2,1-21H3/b23-22+/t32-,33-,34+,35-,36-/m1/s1. The third-order valence-electron chi connectivity index (χ3n) is 12.5. The largest absolute Gasteiger partial charge is 0.497 e. The van der Waals surface area contributed by atoms with Gasteiger partial charge in [0.15, 0.2) is 39.6 Å². The number of hydrogen-bond acceptors (Lipinski definition) is 7. The third-order valence-corrected chi connectivity index (χ3v) is 30.4. The summed E-state index contributed by atoms with van der Waals surface area (Å²) in [4.78, 5) is 0. The van der Waals surface area contributed by atoms with Gasteiger partial charge in [-0.15, -0.1) is 0 Å². The Hall–Kier alpha value is -0.612. The molecule has 1 aliphatic heterocycles. The first-order chi connectivity index (χ1) is 22.8. The van der Waals surface area contributed by atoms with Crippen molar-refractivity contribution >= 4 is 39.3 Å². The van der Waals surface area contributed by atoms with Gasteiger partial charge in [-0.25, -0.2) is 0 Å². The van der Waals surface area contributed by atoms with E-state index in [9.17, 15) is 0 Å². The molecule has 1 saturated heterocycles. The van der Waals surface area contributed by atoms with E-state index < -0.39 is 64.0 Å². The zero-order valence-corrected chi connectivity index (χ0v) is 40.6. The van der Waals surface area contributed by atoms with Crippen LogP contribution in [0.2, 0.25) is 72.5 Å². The van der Waals surface area contributed by atoms with E-state index in [1.165, 1.54) is 0 Å². The molecule has 5 atom stereocenters. The van der Waals surface area contributed by atoms with Gasteiger partial charge >= 0.3 is 0 Å². The van der Waals surface area contributed by atoms with E-state index in [2.05, 4.69) is 142 Å². The maximum absolute atomic E-state index is 7.54. The summed E-state index contributed by atoms with van der Waals surface area (Å²) in [5.74, 6) is 0.831. The highest BCUT2D eigenvalue weighted by molar-refractivity contribution is 6.75. The summed E-state index contributed by atoms with van der Waals surface area (Å²) >= 11 is 0. The zero-order valence-electron chi connectivity index (χ0n) is 36.6. The predicted octanol–water partition coefficient (Wildman–Crippen LogP) is 11.6. The van der Waals surface area contributed by atoms with E-state index >= 15 is 0 Å². The molecule has 0 aliphatic carbocycles. The molecule has 1 heterocycles. The average Bonchev–Trinajstić information content (AvgIpc) is 2.94. The molecule has 7 nitrogen and oxygen atoms in total. The summed E-state index contributed by atoms with van der Waals surface area (Å²) < 4.78 is 48.5. The molecule has 0 spiro atoms. The Bertz CT molecular complexity index is 1270. The van der Waals surface area contributed by atoms with Crippen LogP contribution in [-0.4, -0.2) is 84.3 Å². The zero-order chi connectivity index (χ0) is 39.6. The highest BCUT2D eigenvalue weighted by Gasteiger charge is 2.57. The smallest absolute Gasteiger partial charge is 0.192 e. The number of hydrogen-bond donors (Lipinski definition) is 0. The third kappa shape index (κ3) is 12.2. The van der Waals surface area contributed by atoms with Gasteiger partial charge in [0, 0.05) is 0 Å². The second-order valence-corrected chi connectivity index (χ2v) is 39.7. The minimum Gasteiger partial charge on any atom is -0.497 e. The lowest BCUT2D eigenvalue weighted by molar-refractivity contribution is -0.288. The highest BCUT2D eigenvalue weighted by atomic mass is 28.4. The predicted molar refractivity (Wildman–Crippen MR) is 226 cm³/mol. The molecule has 0 N–H and O–H groups in total. The van der Waals surface area contributed by atoms with Gasteiger partial charge in [0.25, 0.3) is 0 Å². The normalized spacial score (nSPS) is 23.6. The summed E-state index contributed by atoms with van der Waals surface area (Å²) in [5, 5.41) is -0.0380. The summed E-state index contributed by atoms with van der Waals surface area (Å²) in [6.07, 6.45) is 1.72. The van der Waals surface area contributed by atoms with Crippen molar-refractivity contribution in [3.05, 3.63) is 35.9 Å². The molecule has 11 heteroatoms. The molecular weight excluding hydrogens is 705 g/mol. The van der Waals surface area contributed by atoms with Crippen molar-refractivity contribution in [1.29, 1.82) is 0 Å². The Morgan fingerprint density at radius 2 is 1.00 bits per heavy atom. The van der Waals surface area contributed by atoms with E-state index in [1.807, 2.05) is 30.3 Å². The van der Waals surface area contributed by atoms with Gasteiger partial charge in [-0.3, -0.25) is 0 Å².